The summed E-state index contributed by atoms with van der Waals surface area (Å²) < 4.78 is 0. The van der Waals surface area contributed by atoms with E-state index in [0.717, 1.165) is 11.8 Å². The summed E-state index contributed by atoms with van der Waals surface area (Å²) in [5.74, 6) is 0.455. The number of pyridine rings is 1. The van der Waals surface area contributed by atoms with E-state index in [0.29, 0.717) is 17.7 Å². The van der Waals surface area contributed by atoms with Gasteiger partial charge in [0.05, 0.1) is 6.10 Å². The average molecular weight is 257 g/mol. The van der Waals surface area contributed by atoms with E-state index in [2.05, 4.69) is 4.98 Å². The van der Waals surface area contributed by atoms with Crippen molar-refractivity contribution in [2.45, 2.75) is 25.6 Å². The minimum atomic E-state index is -1.06. The Kier molecular flexibility index (Phi) is 5.40. The van der Waals surface area contributed by atoms with Crippen molar-refractivity contribution in [3.05, 3.63) is 34.2 Å². The highest BCUT2D eigenvalue weighted by atomic mass is 32.2. The second kappa shape index (κ2) is 6.58. The van der Waals surface area contributed by atoms with Gasteiger partial charge in [-0.15, -0.1) is 0 Å². The second-order valence-electron chi connectivity index (χ2n) is 3.63. The molecule has 1 rings (SSSR count). The maximum Gasteiger partial charge on any atom is 0.247 e. The molecule has 0 aliphatic heterocycles. The zero-order valence-corrected chi connectivity index (χ0v) is 10.2. The summed E-state index contributed by atoms with van der Waals surface area (Å²) in [4.78, 5) is 23.9. The van der Waals surface area contributed by atoms with Crippen molar-refractivity contribution < 1.29 is 15.0 Å². The van der Waals surface area contributed by atoms with Gasteiger partial charge in [0.15, 0.2) is 5.12 Å². The number of rotatable bonds is 5. The molecule has 6 heteroatoms. The number of aromatic amines is 1. The van der Waals surface area contributed by atoms with Crippen LogP contribution < -0.4 is 5.56 Å². The van der Waals surface area contributed by atoms with E-state index in [-0.39, 0.29) is 10.7 Å². The molecule has 2 unspecified atom stereocenters. The molecule has 0 aliphatic carbocycles. The van der Waals surface area contributed by atoms with Gasteiger partial charge in [-0.25, -0.2) is 0 Å². The molecule has 94 valence electrons. The molecule has 3 N–H and O–H groups in total. The first-order valence-electron chi connectivity index (χ1n) is 5.19. The van der Waals surface area contributed by atoms with Crippen LogP contribution in [0.25, 0.3) is 0 Å². The first kappa shape index (κ1) is 14.0. The highest BCUT2D eigenvalue weighted by molar-refractivity contribution is 8.13. The molecule has 1 aromatic rings. The number of aromatic nitrogens is 1. The molecule has 0 saturated carbocycles. The predicted molar refractivity (Wildman–Crippen MR) is 65.8 cm³/mol. The molecule has 0 fully saturated rings. The Morgan fingerprint density at radius 3 is 2.71 bits per heavy atom. The standard InChI is InChI=1S/C11H15NO4S/c1-7(13)17-5-4-9(14)11(16)8-2-3-10(15)12-6-8/h2-3,6,9,11,14,16H,4-5H2,1H3,(H,12,15). The lowest BCUT2D eigenvalue weighted by atomic mass is 10.1. The van der Waals surface area contributed by atoms with Gasteiger partial charge in [-0.2, -0.15) is 0 Å². The number of thioether (sulfide) groups is 1. The van der Waals surface area contributed by atoms with Crippen molar-refractivity contribution in [3.8, 4) is 0 Å². The van der Waals surface area contributed by atoms with E-state index >= 15 is 0 Å². The molecule has 0 aliphatic rings. The average Bonchev–Trinajstić information content (AvgIpc) is 2.28. The van der Waals surface area contributed by atoms with Gasteiger partial charge in [-0.1, -0.05) is 11.8 Å². The Balaban J connectivity index is 2.51. The van der Waals surface area contributed by atoms with Gasteiger partial charge in [-0.05, 0) is 18.1 Å². The van der Waals surface area contributed by atoms with Crippen molar-refractivity contribution in [2.24, 2.45) is 0 Å². The molecule has 5 nitrogen and oxygen atoms in total. The highest BCUT2D eigenvalue weighted by Gasteiger charge is 2.18. The summed E-state index contributed by atoms with van der Waals surface area (Å²) in [6.45, 7) is 1.45. The molecule has 0 spiro atoms. The van der Waals surface area contributed by atoms with Gasteiger partial charge in [0, 0.05) is 24.9 Å². The topological polar surface area (TPSA) is 90.4 Å². The summed E-state index contributed by atoms with van der Waals surface area (Å²) in [6.07, 6.45) is -0.328. The highest BCUT2D eigenvalue weighted by Crippen LogP contribution is 2.19. The first-order valence-corrected chi connectivity index (χ1v) is 6.17. The van der Waals surface area contributed by atoms with Crippen LogP contribution in [-0.2, 0) is 4.79 Å². The third kappa shape index (κ3) is 4.72. The molecule has 0 radical (unpaired) electrons. The fourth-order valence-corrected chi connectivity index (χ4v) is 1.96. The van der Waals surface area contributed by atoms with Gasteiger partial charge in [0.2, 0.25) is 5.56 Å². The van der Waals surface area contributed by atoms with Crippen LogP contribution in [0.5, 0.6) is 0 Å². The van der Waals surface area contributed by atoms with Crippen LogP contribution in [0.2, 0.25) is 0 Å². The fourth-order valence-electron chi connectivity index (χ4n) is 1.31. The van der Waals surface area contributed by atoms with E-state index in [4.69, 9.17) is 0 Å². The lowest BCUT2D eigenvalue weighted by Crippen LogP contribution is -2.20. The predicted octanol–water partition coefficient (Wildman–Crippen LogP) is 0.439. The van der Waals surface area contributed by atoms with Crippen LogP contribution in [0.1, 0.15) is 25.0 Å². The van der Waals surface area contributed by atoms with E-state index < -0.39 is 12.2 Å². The number of nitrogens with one attached hydrogen (secondary N) is 1. The van der Waals surface area contributed by atoms with E-state index in [1.54, 1.807) is 0 Å². The molecule has 0 bridgehead atoms. The summed E-state index contributed by atoms with van der Waals surface area (Å²) >= 11 is 1.11. The maximum absolute atomic E-state index is 10.8. The Morgan fingerprint density at radius 2 is 2.18 bits per heavy atom. The zero-order valence-electron chi connectivity index (χ0n) is 9.42. The van der Waals surface area contributed by atoms with E-state index in [1.807, 2.05) is 0 Å². The molecule has 0 aromatic carbocycles. The maximum atomic E-state index is 10.8. The van der Waals surface area contributed by atoms with Crippen molar-refractivity contribution >= 4 is 16.9 Å². The smallest absolute Gasteiger partial charge is 0.247 e. The van der Waals surface area contributed by atoms with Gasteiger partial charge in [-0.3, -0.25) is 9.59 Å². The van der Waals surface area contributed by atoms with Gasteiger partial charge in [0.1, 0.15) is 6.10 Å². The Labute approximate surface area is 103 Å². The quantitative estimate of drug-likeness (QED) is 0.712. The summed E-state index contributed by atoms with van der Waals surface area (Å²) in [5.41, 5.74) is 0.188. The van der Waals surface area contributed by atoms with Crippen LogP contribution >= 0.6 is 11.8 Å². The normalized spacial score (nSPS) is 14.3. The summed E-state index contributed by atoms with van der Waals surface area (Å²) in [7, 11) is 0. The number of aliphatic hydroxyl groups excluding tert-OH is 2. The lowest BCUT2D eigenvalue weighted by Gasteiger charge is -2.17. The summed E-state index contributed by atoms with van der Waals surface area (Å²) in [6, 6.07) is 2.75. The number of aliphatic hydroxyl groups is 2. The SMILES string of the molecule is CC(=O)SCCC(O)C(O)c1ccc(=O)[nH]c1. The van der Waals surface area contributed by atoms with Crippen LogP contribution in [0, 0.1) is 0 Å². The van der Waals surface area contributed by atoms with Crippen molar-refractivity contribution in [1.29, 1.82) is 0 Å². The number of carbonyl (C=O) groups excluding carboxylic acids is 1. The third-order valence-corrected chi connectivity index (χ3v) is 3.08. The van der Waals surface area contributed by atoms with E-state index in [9.17, 15) is 19.8 Å². The third-order valence-electron chi connectivity index (χ3n) is 2.23. The Morgan fingerprint density at radius 1 is 1.47 bits per heavy atom. The van der Waals surface area contributed by atoms with Gasteiger partial charge >= 0.3 is 0 Å². The minimum Gasteiger partial charge on any atom is -0.390 e. The molecule has 2 atom stereocenters. The fraction of sp³-hybridized carbons (Fsp3) is 0.455. The molecular formula is C11H15NO4S. The van der Waals surface area contributed by atoms with E-state index in [1.165, 1.54) is 25.3 Å². The minimum absolute atomic E-state index is 0.0178. The largest absolute Gasteiger partial charge is 0.390 e. The Hall–Kier alpha value is -1.11. The molecule has 17 heavy (non-hydrogen) atoms. The Bertz CT molecular complexity index is 411. The molecular weight excluding hydrogens is 242 g/mol. The monoisotopic (exact) mass is 257 g/mol. The van der Waals surface area contributed by atoms with Gasteiger partial charge in [0.25, 0.3) is 0 Å². The van der Waals surface area contributed by atoms with Crippen molar-refractivity contribution in [2.75, 3.05) is 5.75 Å². The second-order valence-corrected chi connectivity index (χ2v) is 4.90. The number of hydrogen-bond donors (Lipinski definition) is 3. The van der Waals surface area contributed by atoms with Crippen LogP contribution in [0.3, 0.4) is 0 Å². The van der Waals surface area contributed by atoms with Crippen molar-refractivity contribution in [3.63, 3.8) is 0 Å². The molecule has 1 heterocycles. The number of hydrogen-bond acceptors (Lipinski definition) is 5. The molecule has 1 aromatic heterocycles. The summed E-state index contributed by atoms with van der Waals surface area (Å²) in [5, 5.41) is 19.4. The van der Waals surface area contributed by atoms with Crippen LogP contribution in [0.4, 0.5) is 0 Å². The molecule has 0 saturated heterocycles. The number of carbonyl (C=O) groups is 1. The lowest BCUT2D eigenvalue weighted by molar-refractivity contribution is -0.109. The first-order chi connectivity index (χ1) is 8.00. The molecule has 0 amide bonds. The van der Waals surface area contributed by atoms with Crippen molar-refractivity contribution in [1.82, 2.24) is 4.98 Å². The number of H-pyrrole nitrogens is 1. The zero-order chi connectivity index (χ0) is 12.8. The van der Waals surface area contributed by atoms with Gasteiger partial charge < -0.3 is 15.2 Å². The van der Waals surface area contributed by atoms with Crippen LogP contribution in [0.15, 0.2) is 23.1 Å². The van der Waals surface area contributed by atoms with Crippen LogP contribution in [-0.4, -0.2) is 32.2 Å².